The minimum absolute atomic E-state index is 0.0500. The number of nitrogens with one attached hydrogen (secondary N) is 3. The number of hydrogen-bond acceptors (Lipinski definition) is 4. The molecule has 0 fully saturated rings. The molecule has 0 aliphatic carbocycles. The predicted molar refractivity (Wildman–Crippen MR) is 111 cm³/mol. The average molecular weight is 446 g/mol. The lowest BCUT2D eigenvalue weighted by molar-refractivity contribution is -0.123. The number of aromatic nitrogens is 1. The maximum atomic E-state index is 14.0. The predicted octanol–water partition coefficient (Wildman–Crippen LogP) is 4.82. The average Bonchev–Trinajstić information content (AvgIpc) is 2.75. The number of halogens is 4. The van der Waals surface area contributed by atoms with E-state index < -0.39 is 30.4 Å². The summed E-state index contributed by atoms with van der Waals surface area (Å²) in [5, 5.41) is 7.17. The van der Waals surface area contributed by atoms with E-state index in [4.69, 9.17) is 0 Å². The van der Waals surface area contributed by atoms with Crippen molar-refractivity contribution >= 4 is 29.0 Å². The fraction of sp³-hybridized carbons (Fsp3) is 0.136. The van der Waals surface area contributed by atoms with Crippen LogP contribution in [-0.2, 0) is 0 Å². The minimum Gasteiger partial charge on any atom is -0.343 e. The van der Waals surface area contributed by atoms with Crippen LogP contribution in [0.4, 0.5) is 34.8 Å². The lowest BCUT2D eigenvalue weighted by Gasteiger charge is -2.14. The molecule has 1 heterocycles. The molecule has 2 aromatic carbocycles. The van der Waals surface area contributed by atoms with Gasteiger partial charge in [0, 0.05) is 17.4 Å². The standard InChI is InChI=1S/C22H18F4N4O2/c1-13-8-9-14(20(31)28-12-22(24,25)26)11-18(13)30-21(32)15-5-4-10-27-19(15)29-17-7-3-2-6-16(17)23/h2-11H,12H2,1H3,(H,27,29)(H,28,31)(H,30,32). The second-order valence-corrected chi connectivity index (χ2v) is 6.79. The zero-order valence-corrected chi connectivity index (χ0v) is 16.8. The number of para-hydroxylation sites is 1. The molecular weight excluding hydrogens is 428 g/mol. The van der Waals surface area contributed by atoms with E-state index in [9.17, 15) is 27.2 Å². The molecule has 166 valence electrons. The van der Waals surface area contributed by atoms with Crippen LogP contribution in [0.1, 0.15) is 26.3 Å². The maximum Gasteiger partial charge on any atom is 0.405 e. The van der Waals surface area contributed by atoms with Crippen LogP contribution >= 0.6 is 0 Å². The summed E-state index contributed by atoms with van der Waals surface area (Å²) in [5.74, 6) is -1.96. The quantitative estimate of drug-likeness (QED) is 0.475. The first-order valence-corrected chi connectivity index (χ1v) is 9.37. The van der Waals surface area contributed by atoms with E-state index in [1.165, 1.54) is 54.7 Å². The summed E-state index contributed by atoms with van der Waals surface area (Å²) < 4.78 is 51.0. The van der Waals surface area contributed by atoms with Gasteiger partial charge < -0.3 is 16.0 Å². The van der Waals surface area contributed by atoms with Crippen molar-refractivity contribution in [3.05, 3.63) is 83.3 Å². The molecule has 3 rings (SSSR count). The fourth-order valence-corrected chi connectivity index (χ4v) is 2.75. The van der Waals surface area contributed by atoms with Gasteiger partial charge in [-0.05, 0) is 48.9 Å². The Morgan fingerprint density at radius 1 is 0.969 bits per heavy atom. The first-order valence-electron chi connectivity index (χ1n) is 9.37. The highest BCUT2D eigenvalue weighted by atomic mass is 19.4. The number of amides is 2. The van der Waals surface area contributed by atoms with E-state index >= 15 is 0 Å². The fourth-order valence-electron chi connectivity index (χ4n) is 2.75. The Balaban J connectivity index is 1.81. The first kappa shape index (κ1) is 22.7. The lowest BCUT2D eigenvalue weighted by atomic mass is 10.1. The van der Waals surface area contributed by atoms with Crippen LogP contribution < -0.4 is 16.0 Å². The zero-order chi connectivity index (χ0) is 23.3. The molecule has 6 nitrogen and oxygen atoms in total. The number of pyridine rings is 1. The minimum atomic E-state index is -4.54. The Hall–Kier alpha value is -3.95. The molecule has 32 heavy (non-hydrogen) atoms. The molecule has 3 N–H and O–H groups in total. The molecule has 3 aromatic rings. The van der Waals surface area contributed by atoms with Gasteiger partial charge in [0.1, 0.15) is 18.2 Å². The monoisotopic (exact) mass is 446 g/mol. The van der Waals surface area contributed by atoms with Crippen LogP contribution in [0.5, 0.6) is 0 Å². The topological polar surface area (TPSA) is 83.1 Å². The van der Waals surface area contributed by atoms with Crippen molar-refractivity contribution in [1.29, 1.82) is 0 Å². The lowest BCUT2D eigenvalue weighted by Crippen LogP contribution is -2.33. The van der Waals surface area contributed by atoms with Crippen molar-refractivity contribution in [2.24, 2.45) is 0 Å². The molecule has 1 aromatic heterocycles. The molecule has 0 atom stereocenters. The largest absolute Gasteiger partial charge is 0.405 e. The second-order valence-electron chi connectivity index (χ2n) is 6.79. The number of hydrogen-bond donors (Lipinski definition) is 3. The summed E-state index contributed by atoms with van der Waals surface area (Å²) in [6.07, 6.45) is -3.11. The number of anilines is 3. The number of carbonyl (C=O) groups is 2. The van der Waals surface area contributed by atoms with Gasteiger partial charge in [-0.15, -0.1) is 0 Å². The van der Waals surface area contributed by atoms with Gasteiger partial charge in [0.2, 0.25) is 0 Å². The second kappa shape index (κ2) is 9.46. The highest BCUT2D eigenvalue weighted by Gasteiger charge is 2.28. The van der Waals surface area contributed by atoms with Crippen LogP contribution in [0.2, 0.25) is 0 Å². The van der Waals surface area contributed by atoms with Crippen molar-refractivity contribution in [2.45, 2.75) is 13.1 Å². The Bertz CT molecular complexity index is 1150. The summed E-state index contributed by atoms with van der Waals surface area (Å²) in [4.78, 5) is 29.0. The SMILES string of the molecule is Cc1ccc(C(=O)NCC(F)(F)F)cc1NC(=O)c1cccnc1Nc1ccccc1F. The number of alkyl halides is 3. The van der Waals surface area contributed by atoms with Crippen molar-refractivity contribution in [1.82, 2.24) is 10.3 Å². The van der Waals surface area contributed by atoms with Gasteiger partial charge in [-0.1, -0.05) is 18.2 Å². The Labute approximate surface area is 180 Å². The van der Waals surface area contributed by atoms with E-state index in [0.717, 1.165) is 0 Å². The molecule has 0 spiro atoms. The van der Waals surface area contributed by atoms with Gasteiger partial charge >= 0.3 is 6.18 Å². The van der Waals surface area contributed by atoms with Gasteiger partial charge in [-0.25, -0.2) is 9.37 Å². The molecule has 2 amide bonds. The molecule has 0 saturated heterocycles. The Morgan fingerprint density at radius 2 is 1.72 bits per heavy atom. The summed E-state index contributed by atoms with van der Waals surface area (Å²) in [6, 6.07) is 13.0. The van der Waals surface area contributed by atoms with Gasteiger partial charge in [0.15, 0.2) is 0 Å². The summed E-state index contributed by atoms with van der Waals surface area (Å²) in [5.41, 5.74) is 0.987. The number of carbonyl (C=O) groups excluding carboxylic acids is 2. The highest BCUT2D eigenvalue weighted by Crippen LogP contribution is 2.23. The number of nitrogens with zero attached hydrogens (tertiary/aromatic N) is 1. The van der Waals surface area contributed by atoms with Crippen molar-refractivity contribution in [3.8, 4) is 0 Å². The molecular formula is C22H18F4N4O2. The van der Waals surface area contributed by atoms with Crippen LogP contribution in [-0.4, -0.2) is 29.5 Å². The Kier molecular flexibility index (Phi) is 6.72. The third kappa shape index (κ3) is 5.81. The van der Waals surface area contributed by atoms with E-state index in [-0.39, 0.29) is 28.3 Å². The number of rotatable bonds is 6. The van der Waals surface area contributed by atoms with E-state index in [1.807, 2.05) is 0 Å². The molecule has 0 aliphatic rings. The third-order valence-electron chi connectivity index (χ3n) is 4.38. The van der Waals surface area contributed by atoms with Gasteiger partial charge in [0.05, 0.1) is 11.3 Å². The van der Waals surface area contributed by atoms with E-state index in [2.05, 4.69) is 15.6 Å². The Morgan fingerprint density at radius 3 is 2.44 bits per heavy atom. The van der Waals surface area contributed by atoms with Crippen molar-refractivity contribution < 1.29 is 27.2 Å². The van der Waals surface area contributed by atoms with Crippen LogP contribution in [0.25, 0.3) is 0 Å². The van der Waals surface area contributed by atoms with E-state index in [1.54, 1.807) is 18.3 Å². The summed E-state index contributed by atoms with van der Waals surface area (Å²) in [6.45, 7) is 0.191. The molecule has 0 radical (unpaired) electrons. The van der Waals surface area contributed by atoms with Crippen LogP contribution in [0.3, 0.4) is 0 Å². The zero-order valence-electron chi connectivity index (χ0n) is 16.8. The van der Waals surface area contributed by atoms with Crippen LogP contribution in [0, 0.1) is 12.7 Å². The third-order valence-corrected chi connectivity index (χ3v) is 4.38. The van der Waals surface area contributed by atoms with Crippen molar-refractivity contribution in [3.63, 3.8) is 0 Å². The molecule has 0 saturated carbocycles. The van der Waals surface area contributed by atoms with Crippen molar-refractivity contribution in [2.75, 3.05) is 17.2 Å². The van der Waals surface area contributed by atoms with Gasteiger partial charge in [-0.2, -0.15) is 13.2 Å². The van der Waals surface area contributed by atoms with E-state index in [0.29, 0.717) is 5.56 Å². The maximum absolute atomic E-state index is 14.0. The molecule has 0 unspecified atom stereocenters. The summed E-state index contributed by atoms with van der Waals surface area (Å²) >= 11 is 0. The van der Waals surface area contributed by atoms with Gasteiger partial charge in [-0.3, -0.25) is 9.59 Å². The normalized spacial score (nSPS) is 11.0. The number of aryl methyl sites for hydroxylation is 1. The summed E-state index contributed by atoms with van der Waals surface area (Å²) in [7, 11) is 0. The molecule has 0 bridgehead atoms. The smallest absolute Gasteiger partial charge is 0.343 e. The van der Waals surface area contributed by atoms with Gasteiger partial charge in [0.25, 0.3) is 11.8 Å². The van der Waals surface area contributed by atoms with Crippen LogP contribution in [0.15, 0.2) is 60.8 Å². The number of benzene rings is 2. The molecule has 0 aliphatic heterocycles. The first-order chi connectivity index (χ1) is 15.1. The highest BCUT2D eigenvalue weighted by molar-refractivity contribution is 6.08. The molecule has 10 heteroatoms.